The van der Waals surface area contributed by atoms with Crippen molar-refractivity contribution in [3.05, 3.63) is 67.4 Å². The SMILES string of the molecule is C=CCN(CC=C)c1nc(C(N)=O)cc(-c2ccccc2)n1. The maximum absolute atomic E-state index is 11.5. The maximum Gasteiger partial charge on any atom is 0.267 e. The molecule has 1 aromatic heterocycles. The number of nitrogens with two attached hydrogens (primary N) is 1. The van der Waals surface area contributed by atoms with Crippen LogP contribution in [0.5, 0.6) is 0 Å². The van der Waals surface area contributed by atoms with Crippen LogP contribution in [0.25, 0.3) is 11.3 Å². The van der Waals surface area contributed by atoms with Gasteiger partial charge in [0, 0.05) is 18.7 Å². The van der Waals surface area contributed by atoms with Crippen LogP contribution in [0.4, 0.5) is 5.95 Å². The molecule has 0 aliphatic carbocycles. The van der Waals surface area contributed by atoms with E-state index in [-0.39, 0.29) is 5.69 Å². The van der Waals surface area contributed by atoms with Gasteiger partial charge in [-0.25, -0.2) is 9.97 Å². The first kappa shape index (κ1) is 15.4. The van der Waals surface area contributed by atoms with Crippen molar-refractivity contribution < 1.29 is 4.79 Å². The van der Waals surface area contributed by atoms with Gasteiger partial charge in [0.15, 0.2) is 0 Å². The minimum absolute atomic E-state index is 0.182. The summed E-state index contributed by atoms with van der Waals surface area (Å²) in [6.07, 6.45) is 3.48. The summed E-state index contributed by atoms with van der Waals surface area (Å²) in [5, 5.41) is 0. The van der Waals surface area contributed by atoms with Gasteiger partial charge in [-0.1, -0.05) is 42.5 Å². The lowest BCUT2D eigenvalue weighted by Crippen LogP contribution is -2.27. The average Bonchev–Trinajstić information content (AvgIpc) is 2.55. The van der Waals surface area contributed by atoms with Gasteiger partial charge in [-0.15, -0.1) is 13.2 Å². The Morgan fingerprint density at radius 3 is 2.32 bits per heavy atom. The Labute approximate surface area is 129 Å². The van der Waals surface area contributed by atoms with E-state index in [1.165, 1.54) is 0 Å². The van der Waals surface area contributed by atoms with Crippen molar-refractivity contribution in [2.75, 3.05) is 18.0 Å². The van der Waals surface area contributed by atoms with Crippen molar-refractivity contribution in [2.24, 2.45) is 5.73 Å². The molecule has 0 bridgehead atoms. The molecule has 2 rings (SSSR count). The van der Waals surface area contributed by atoms with Crippen LogP contribution >= 0.6 is 0 Å². The number of aromatic nitrogens is 2. The van der Waals surface area contributed by atoms with Gasteiger partial charge in [-0.2, -0.15) is 0 Å². The van der Waals surface area contributed by atoms with E-state index >= 15 is 0 Å². The minimum Gasteiger partial charge on any atom is -0.364 e. The van der Waals surface area contributed by atoms with E-state index in [0.717, 1.165) is 5.56 Å². The molecular weight excluding hydrogens is 276 g/mol. The van der Waals surface area contributed by atoms with Gasteiger partial charge in [-0.05, 0) is 6.07 Å². The lowest BCUT2D eigenvalue weighted by molar-refractivity contribution is 0.0995. The van der Waals surface area contributed by atoms with Crippen molar-refractivity contribution >= 4 is 11.9 Å². The molecule has 1 heterocycles. The van der Waals surface area contributed by atoms with E-state index in [0.29, 0.717) is 24.7 Å². The van der Waals surface area contributed by atoms with E-state index in [1.54, 1.807) is 18.2 Å². The standard InChI is InChI=1S/C17H18N4O/c1-3-10-21(11-4-2)17-19-14(12-15(20-17)16(18)22)13-8-6-5-7-9-13/h3-9,12H,1-2,10-11H2,(H2,18,22). The molecule has 0 spiro atoms. The first-order valence-electron chi connectivity index (χ1n) is 6.86. The molecule has 1 amide bonds. The van der Waals surface area contributed by atoms with E-state index in [2.05, 4.69) is 23.1 Å². The van der Waals surface area contributed by atoms with Crippen molar-refractivity contribution in [1.29, 1.82) is 0 Å². The van der Waals surface area contributed by atoms with Gasteiger partial charge >= 0.3 is 0 Å². The molecule has 0 saturated heterocycles. The highest BCUT2D eigenvalue weighted by atomic mass is 16.1. The Morgan fingerprint density at radius 1 is 1.14 bits per heavy atom. The van der Waals surface area contributed by atoms with Gasteiger partial charge in [-0.3, -0.25) is 4.79 Å². The number of primary amides is 1. The van der Waals surface area contributed by atoms with Crippen LogP contribution in [0.2, 0.25) is 0 Å². The third-order valence-corrected chi connectivity index (χ3v) is 3.02. The number of hydrogen-bond donors (Lipinski definition) is 1. The van der Waals surface area contributed by atoms with Crippen molar-refractivity contribution in [2.45, 2.75) is 0 Å². The number of benzene rings is 1. The third kappa shape index (κ3) is 3.58. The first-order chi connectivity index (χ1) is 10.7. The topological polar surface area (TPSA) is 72.1 Å². The molecule has 0 saturated carbocycles. The smallest absolute Gasteiger partial charge is 0.267 e. The molecule has 2 N–H and O–H groups in total. The Hall–Kier alpha value is -2.95. The predicted octanol–water partition coefficient (Wildman–Crippen LogP) is 2.42. The highest BCUT2D eigenvalue weighted by Gasteiger charge is 2.14. The Balaban J connectivity index is 2.53. The summed E-state index contributed by atoms with van der Waals surface area (Å²) < 4.78 is 0. The molecule has 0 atom stereocenters. The van der Waals surface area contributed by atoms with Gasteiger partial charge in [0.25, 0.3) is 5.91 Å². The van der Waals surface area contributed by atoms with Crippen LogP contribution in [-0.4, -0.2) is 29.0 Å². The fraction of sp³-hybridized carbons (Fsp3) is 0.118. The molecule has 0 fully saturated rings. The molecule has 22 heavy (non-hydrogen) atoms. The van der Waals surface area contributed by atoms with Crippen LogP contribution in [0, 0.1) is 0 Å². The zero-order chi connectivity index (χ0) is 15.9. The summed E-state index contributed by atoms with van der Waals surface area (Å²) in [6.45, 7) is 8.53. The molecule has 1 aromatic carbocycles. The van der Waals surface area contributed by atoms with E-state index in [9.17, 15) is 4.79 Å². The van der Waals surface area contributed by atoms with Crippen LogP contribution in [0.15, 0.2) is 61.7 Å². The molecule has 0 aliphatic rings. The molecule has 0 radical (unpaired) electrons. The second-order valence-corrected chi connectivity index (χ2v) is 4.65. The number of nitrogens with zero attached hydrogens (tertiary/aromatic N) is 3. The molecule has 0 unspecified atom stereocenters. The summed E-state index contributed by atoms with van der Waals surface area (Å²) in [6, 6.07) is 11.2. The van der Waals surface area contributed by atoms with Gasteiger partial charge in [0.05, 0.1) is 5.69 Å². The quantitative estimate of drug-likeness (QED) is 0.796. The molecule has 5 nitrogen and oxygen atoms in total. The molecule has 2 aromatic rings. The van der Waals surface area contributed by atoms with E-state index in [1.807, 2.05) is 35.2 Å². The predicted molar refractivity (Wildman–Crippen MR) is 88.6 cm³/mol. The fourth-order valence-corrected chi connectivity index (χ4v) is 2.01. The number of hydrogen-bond acceptors (Lipinski definition) is 4. The zero-order valence-electron chi connectivity index (χ0n) is 12.3. The Bertz CT molecular complexity index is 672. The summed E-state index contributed by atoms with van der Waals surface area (Å²) >= 11 is 0. The van der Waals surface area contributed by atoms with E-state index < -0.39 is 5.91 Å². The third-order valence-electron chi connectivity index (χ3n) is 3.02. The van der Waals surface area contributed by atoms with Crippen molar-refractivity contribution in [3.8, 4) is 11.3 Å². The second-order valence-electron chi connectivity index (χ2n) is 4.65. The number of amides is 1. The van der Waals surface area contributed by atoms with Gasteiger partial charge in [0.1, 0.15) is 5.69 Å². The van der Waals surface area contributed by atoms with Crippen LogP contribution < -0.4 is 10.6 Å². The second kappa shape index (κ2) is 7.17. The molecular formula is C17H18N4O. The van der Waals surface area contributed by atoms with Crippen molar-refractivity contribution in [1.82, 2.24) is 9.97 Å². The summed E-state index contributed by atoms with van der Waals surface area (Å²) in [7, 11) is 0. The van der Waals surface area contributed by atoms with Crippen LogP contribution in [-0.2, 0) is 0 Å². The number of anilines is 1. The average molecular weight is 294 g/mol. The fourth-order valence-electron chi connectivity index (χ4n) is 2.01. The number of rotatable bonds is 7. The lowest BCUT2D eigenvalue weighted by Gasteiger charge is -2.20. The van der Waals surface area contributed by atoms with Crippen molar-refractivity contribution in [3.63, 3.8) is 0 Å². The summed E-state index contributed by atoms with van der Waals surface area (Å²) in [4.78, 5) is 22.2. The van der Waals surface area contributed by atoms with E-state index in [4.69, 9.17) is 5.73 Å². The summed E-state index contributed by atoms with van der Waals surface area (Å²) in [5.74, 6) is -0.159. The minimum atomic E-state index is -0.585. The van der Waals surface area contributed by atoms with Gasteiger partial charge in [0.2, 0.25) is 5.95 Å². The normalized spacial score (nSPS) is 10.0. The first-order valence-corrected chi connectivity index (χ1v) is 6.86. The highest BCUT2D eigenvalue weighted by molar-refractivity contribution is 5.92. The molecule has 5 heteroatoms. The largest absolute Gasteiger partial charge is 0.364 e. The Kier molecular flexibility index (Phi) is 5.03. The number of carbonyl (C=O) groups excluding carboxylic acids is 1. The maximum atomic E-state index is 11.5. The monoisotopic (exact) mass is 294 g/mol. The van der Waals surface area contributed by atoms with Crippen LogP contribution in [0.1, 0.15) is 10.5 Å². The zero-order valence-corrected chi connectivity index (χ0v) is 12.3. The van der Waals surface area contributed by atoms with Crippen LogP contribution in [0.3, 0.4) is 0 Å². The molecule has 0 aliphatic heterocycles. The summed E-state index contributed by atoms with van der Waals surface area (Å²) in [5.41, 5.74) is 7.12. The Morgan fingerprint density at radius 2 is 1.77 bits per heavy atom. The number of carbonyl (C=O) groups is 1. The highest BCUT2D eigenvalue weighted by Crippen LogP contribution is 2.20. The lowest BCUT2D eigenvalue weighted by atomic mass is 10.1. The molecule has 112 valence electrons. The van der Waals surface area contributed by atoms with Gasteiger partial charge < -0.3 is 10.6 Å².